The number of aromatic nitrogens is 2. The van der Waals surface area contributed by atoms with Crippen molar-refractivity contribution in [3.05, 3.63) is 33.4 Å². The second kappa shape index (κ2) is 11.7. The van der Waals surface area contributed by atoms with Crippen LogP contribution in [0.25, 0.3) is 0 Å². The number of methoxy groups -OCH3 is 1. The van der Waals surface area contributed by atoms with Gasteiger partial charge in [-0.05, 0) is 29.9 Å². The molecule has 1 aromatic carbocycles. The first-order chi connectivity index (χ1) is 14.8. The summed E-state index contributed by atoms with van der Waals surface area (Å²) in [6, 6.07) is 0.920. The van der Waals surface area contributed by atoms with Gasteiger partial charge in [-0.3, -0.25) is 9.69 Å². The van der Waals surface area contributed by atoms with Crippen LogP contribution in [-0.4, -0.2) is 71.6 Å². The number of nitrogens with one attached hydrogen (secondary N) is 1. The smallest absolute Gasteiger partial charge is 0.339 e. The van der Waals surface area contributed by atoms with Crippen LogP contribution < -0.4 is 10.1 Å². The van der Waals surface area contributed by atoms with Crippen LogP contribution in [-0.2, 0) is 15.3 Å². The number of hydrogen-bond acceptors (Lipinski definition) is 10. The molecule has 2 N–H and O–H groups in total. The number of aromatic hydroxyl groups is 1. The number of phenols is 1. The van der Waals surface area contributed by atoms with Crippen LogP contribution in [0.3, 0.4) is 0 Å². The number of aryl methyl sites for hydroxylation is 1. The number of carbonyl (C=O) groups excluding carboxylic acids is 2. The van der Waals surface area contributed by atoms with E-state index in [0.29, 0.717) is 39.8 Å². The maximum absolute atomic E-state index is 12.8. The Labute approximate surface area is 203 Å². The minimum absolute atomic E-state index is 0. The largest absolute Gasteiger partial charge is 0.507 e. The number of esters is 1. The third kappa shape index (κ3) is 6.27. The topological polar surface area (TPSA) is 127 Å². The lowest BCUT2D eigenvalue weighted by Crippen LogP contribution is -2.39. The van der Waals surface area contributed by atoms with Crippen LogP contribution in [0.15, 0.2) is 15.1 Å². The lowest BCUT2D eigenvalue weighted by Gasteiger charge is -2.21. The summed E-state index contributed by atoms with van der Waals surface area (Å²) in [5, 5.41) is 17.3. The van der Waals surface area contributed by atoms with Crippen molar-refractivity contribution in [2.24, 2.45) is 0 Å². The van der Waals surface area contributed by atoms with Gasteiger partial charge in [0.05, 0.1) is 23.7 Å². The summed E-state index contributed by atoms with van der Waals surface area (Å²) in [6.07, 6.45) is 0. The molecule has 1 aliphatic heterocycles. The molecule has 0 saturated heterocycles. The van der Waals surface area contributed by atoms with Gasteiger partial charge in [-0.15, -0.1) is 12.4 Å². The first kappa shape index (κ1) is 26.2. The molecule has 0 radical (unpaired) electrons. The molecule has 2 heterocycles. The minimum atomic E-state index is -0.587. The number of likely N-dealkylation sites (N-methyl/N-ethyl adjacent to an activating group) is 1. The number of phenolic OH excluding ortho intramolecular Hbond substituents is 1. The molecule has 32 heavy (non-hydrogen) atoms. The Morgan fingerprint density at radius 3 is 2.81 bits per heavy atom. The standard InChI is InChI=1S/C19H23BrN4O6S.ClH/c1-10-21-18(30-23-10)12-9-31-8-11-13(25)6-14(28-3)17(20)16(11)19(27)29-5-4-24(2)7-15(26)22-12;/h6,12,25H,4-5,7-9H2,1-3H3,(H,22,26);1H/t12-;/m0./s1. The fourth-order valence-corrected chi connectivity index (χ4v) is 4.76. The quantitative estimate of drug-likeness (QED) is 0.537. The van der Waals surface area contributed by atoms with Gasteiger partial charge in [0.2, 0.25) is 11.8 Å². The molecule has 1 atom stereocenters. The first-order valence-corrected chi connectivity index (χ1v) is 11.4. The van der Waals surface area contributed by atoms with Gasteiger partial charge in [0, 0.05) is 29.7 Å². The molecular weight excluding hydrogens is 528 g/mol. The third-order valence-corrected chi connectivity index (χ3v) is 6.41. The van der Waals surface area contributed by atoms with E-state index in [4.69, 9.17) is 14.0 Å². The summed E-state index contributed by atoms with van der Waals surface area (Å²) in [6.45, 7) is 2.23. The number of hydrogen-bond donors (Lipinski definition) is 2. The van der Waals surface area contributed by atoms with Gasteiger partial charge in [0.15, 0.2) is 5.82 Å². The molecule has 0 bridgehead atoms. The van der Waals surface area contributed by atoms with E-state index in [0.717, 1.165) is 0 Å². The number of amides is 1. The van der Waals surface area contributed by atoms with Crippen molar-refractivity contribution >= 4 is 52.0 Å². The van der Waals surface area contributed by atoms with E-state index in [2.05, 4.69) is 31.4 Å². The summed E-state index contributed by atoms with van der Waals surface area (Å²) < 4.78 is 16.3. The molecule has 0 unspecified atom stereocenters. The Kier molecular flexibility index (Phi) is 9.62. The van der Waals surface area contributed by atoms with Crippen molar-refractivity contribution in [3.63, 3.8) is 0 Å². The van der Waals surface area contributed by atoms with Crippen LogP contribution in [0, 0.1) is 6.92 Å². The van der Waals surface area contributed by atoms with E-state index in [1.807, 2.05) is 0 Å². The van der Waals surface area contributed by atoms with E-state index in [-0.39, 0.29) is 48.5 Å². The van der Waals surface area contributed by atoms with Crippen LogP contribution in [0.1, 0.15) is 33.7 Å². The van der Waals surface area contributed by atoms with Crippen molar-refractivity contribution in [1.29, 1.82) is 0 Å². The van der Waals surface area contributed by atoms with Gasteiger partial charge in [-0.2, -0.15) is 16.7 Å². The molecule has 0 fully saturated rings. The number of fused-ring (bicyclic) bond motifs is 1. The average molecular weight is 552 g/mol. The van der Waals surface area contributed by atoms with Crippen LogP contribution in [0.5, 0.6) is 11.5 Å². The van der Waals surface area contributed by atoms with E-state index in [1.165, 1.54) is 24.9 Å². The van der Waals surface area contributed by atoms with Crippen LogP contribution in [0.4, 0.5) is 0 Å². The van der Waals surface area contributed by atoms with Crippen molar-refractivity contribution < 1.29 is 28.7 Å². The van der Waals surface area contributed by atoms with E-state index in [9.17, 15) is 14.7 Å². The minimum Gasteiger partial charge on any atom is -0.507 e. The Morgan fingerprint density at radius 1 is 1.41 bits per heavy atom. The maximum Gasteiger partial charge on any atom is 0.339 e. The molecule has 0 aliphatic carbocycles. The molecule has 176 valence electrons. The SMILES string of the molecule is COc1cc(O)c2c(c1Br)C(=O)OCCN(C)CC(=O)N[C@H](c1nc(C)no1)CSC2.Cl. The third-order valence-electron chi connectivity index (χ3n) is 4.57. The lowest BCUT2D eigenvalue weighted by molar-refractivity contribution is -0.122. The van der Waals surface area contributed by atoms with Gasteiger partial charge >= 0.3 is 5.97 Å². The highest BCUT2D eigenvalue weighted by molar-refractivity contribution is 9.10. The average Bonchev–Trinajstić information content (AvgIpc) is 3.14. The Morgan fingerprint density at radius 2 is 2.16 bits per heavy atom. The molecule has 10 nitrogen and oxygen atoms in total. The number of rotatable bonds is 2. The number of cyclic esters (lactones) is 1. The zero-order valence-electron chi connectivity index (χ0n) is 17.7. The molecule has 0 spiro atoms. The predicted molar refractivity (Wildman–Crippen MR) is 123 cm³/mol. The molecule has 13 heteroatoms. The number of ether oxygens (including phenoxy) is 2. The molecule has 1 aliphatic rings. The number of benzene rings is 1. The van der Waals surface area contributed by atoms with Crippen LogP contribution in [0.2, 0.25) is 0 Å². The number of carbonyl (C=O) groups is 2. The van der Waals surface area contributed by atoms with Crippen molar-refractivity contribution in [2.75, 3.05) is 39.6 Å². The summed E-state index contributed by atoms with van der Waals surface area (Å²) in [7, 11) is 3.20. The van der Waals surface area contributed by atoms with Gasteiger partial charge in [0.1, 0.15) is 24.1 Å². The van der Waals surface area contributed by atoms with Gasteiger partial charge in [-0.25, -0.2) is 4.79 Å². The molecule has 1 amide bonds. The molecule has 2 aromatic rings. The summed E-state index contributed by atoms with van der Waals surface area (Å²) in [5.41, 5.74) is 0.609. The number of nitrogens with zero attached hydrogens (tertiary/aromatic N) is 3. The second-order valence-electron chi connectivity index (χ2n) is 6.95. The summed E-state index contributed by atoms with van der Waals surface area (Å²) in [5.74, 6) is 0.854. The van der Waals surface area contributed by atoms with Gasteiger partial charge in [0.25, 0.3) is 0 Å². The number of thioether (sulfide) groups is 1. The zero-order valence-corrected chi connectivity index (χ0v) is 20.9. The second-order valence-corrected chi connectivity index (χ2v) is 8.78. The first-order valence-electron chi connectivity index (χ1n) is 9.41. The monoisotopic (exact) mass is 550 g/mol. The lowest BCUT2D eigenvalue weighted by atomic mass is 10.1. The highest BCUT2D eigenvalue weighted by Gasteiger charge is 2.26. The van der Waals surface area contributed by atoms with E-state index in [1.54, 1.807) is 18.9 Å². The van der Waals surface area contributed by atoms with Gasteiger partial charge < -0.3 is 24.4 Å². The van der Waals surface area contributed by atoms with E-state index >= 15 is 0 Å². The fraction of sp³-hybridized carbons (Fsp3) is 0.474. The molecule has 3 rings (SSSR count). The van der Waals surface area contributed by atoms with Crippen molar-refractivity contribution in [2.45, 2.75) is 18.7 Å². The Bertz CT molecular complexity index is 976. The van der Waals surface area contributed by atoms with Crippen molar-refractivity contribution in [1.82, 2.24) is 20.4 Å². The molecule has 1 aromatic heterocycles. The highest BCUT2D eigenvalue weighted by Crippen LogP contribution is 2.39. The van der Waals surface area contributed by atoms with E-state index < -0.39 is 12.0 Å². The zero-order chi connectivity index (χ0) is 22.5. The summed E-state index contributed by atoms with van der Waals surface area (Å²) >= 11 is 4.78. The fourth-order valence-electron chi connectivity index (χ4n) is 3.00. The van der Waals surface area contributed by atoms with Crippen molar-refractivity contribution in [3.8, 4) is 11.5 Å². The predicted octanol–water partition coefficient (Wildman–Crippen LogP) is 2.47. The molecular formula is C19H24BrClN4O6S. The Balaban J connectivity index is 0.00000363. The Hall–Kier alpha value is -2.02. The highest BCUT2D eigenvalue weighted by atomic mass is 79.9. The molecule has 0 saturated carbocycles. The number of halogens is 2. The van der Waals surface area contributed by atoms with Crippen LogP contribution >= 0.6 is 40.1 Å². The van der Waals surface area contributed by atoms with Gasteiger partial charge in [-0.1, -0.05) is 5.16 Å². The normalized spacial score (nSPS) is 18.6. The maximum atomic E-state index is 12.8. The summed E-state index contributed by atoms with van der Waals surface area (Å²) in [4.78, 5) is 31.2.